The van der Waals surface area contributed by atoms with Gasteiger partial charge in [0.05, 0.1) is 0 Å². The highest BCUT2D eigenvalue weighted by Gasteiger charge is 2.16. The summed E-state index contributed by atoms with van der Waals surface area (Å²) >= 11 is 6.87. The van der Waals surface area contributed by atoms with Crippen molar-refractivity contribution >= 4 is 46.5 Å². The molecule has 0 radical (unpaired) electrons. The molecule has 0 bridgehead atoms. The molecule has 7 heteroatoms. The zero-order chi connectivity index (χ0) is 20.9. The third kappa shape index (κ3) is 4.84. The minimum absolute atomic E-state index is 0.0732. The maximum Gasteiger partial charge on any atom is 0.342 e. The number of para-hydroxylation sites is 3. The topological polar surface area (TPSA) is 72.6 Å². The third-order valence-electron chi connectivity index (χ3n) is 4.20. The molecule has 5 nitrogen and oxygen atoms in total. The van der Waals surface area contributed by atoms with Gasteiger partial charge < -0.3 is 14.3 Å². The van der Waals surface area contributed by atoms with Crippen molar-refractivity contribution in [3.8, 4) is 5.75 Å². The number of hydrogen-bond acceptors (Lipinski definition) is 5. The Kier molecular flexibility index (Phi) is 6.07. The van der Waals surface area contributed by atoms with E-state index in [0.29, 0.717) is 34.0 Å². The van der Waals surface area contributed by atoms with Crippen LogP contribution in [0.4, 0.5) is 0 Å². The monoisotopic (exact) mass is 437 g/mol. The second kappa shape index (κ2) is 9.07. The first-order valence-corrected chi connectivity index (χ1v) is 10.2. The Hall–Kier alpha value is -3.22. The van der Waals surface area contributed by atoms with Crippen molar-refractivity contribution in [2.24, 2.45) is 0 Å². The number of hydrogen-bond donors (Lipinski definition) is 1. The van der Waals surface area contributed by atoms with Gasteiger partial charge in [-0.1, -0.05) is 54.1 Å². The van der Waals surface area contributed by atoms with Crippen molar-refractivity contribution in [1.82, 2.24) is 4.98 Å². The van der Waals surface area contributed by atoms with Gasteiger partial charge in [-0.05, 0) is 53.7 Å². The van der Waals surface area contributed by atoms with Crippen molar-refractivity contribution in [3.63, 3.8) is 0 Å². The smallest absolute Gasteiger partial charge is 0.342 e. The molecule has 4 rings (SSSR count). The number of nitrogens with zero attached hydrogens (tertiary/aromatic N) is 1. The number of carbonyl (C=O) groups is 1. The molecule has 0 aliphatic carbocycles. The molecule has 1 aromatic heterocycles. The maximum absolute atomic E-state index is 11.8. The summed E-state index contributed by atoms with van der Waals surface area (Å²) in [7, 11) is 0. The predicted molar refractivity (Wildman–Crippen MR) is 118 cm³/mol. The van der Waals surface area contributed by atoms with E-state index in [0.717, 1.165) is 17.3 Å². The summed E-state index contributed by atoms with van der Waals surface area (Å²) in [6, 6.07) is 21.9. The van der Waals surface area contributed by atoms with Gasteiger partial charge in [0, 0.05) is 10.6 Å². The summed E-state index contributed by atoms with van der Waals surface area (Å²) in [6.07, 6.45) is 1.55. The third-order valence-corrected chi connectivity index (χ3v) is 5.31. The summed E-state index contributed by atoms with van der Waals surface area (Å²) in [5.41, 5.74) is 2.89. The molecule has 4 aromatic rings. The van der Waals surface area contributed by atoms with E-state index in [1.807, 2.05) is 42.5 Å². The molecule has 0 unspecified atom stereocenters. The van der Waals surface area contributed by atoms with Gasteiger partial charge in [-0.3, -0.25) is 0 Å². The van der Waals surface area contributed by atoms with Gasteiger partial charge in [0.15, 0.2) is 5.58 Å². The second-order valence-corrected chi connectivity index (χ2v) is 7.75. The number of benzene rings is 3. The number of carboxylic acids is 1. The molecular formula is C23H16ClNO4S. The van der Waals surface area contributed by atoms with E-state index < -0.39 is 5.97 Å². The summed E-state index contributed by atoms with van der Waals surface area (Å²) in [4.78, 5) is 16.2. The van der Waals surface area contributed by atoms with E-state index in [1.54, 1.807) is 36.4 Å². The van der Waals surface area contributed by atoms with Crippen LogP contribution in [-0.2, 0) is 11.4 Å². The number of carboxylic acid groups (broad SMARTS) is 1. The average molecular weight is 438 g/mol. The fourth-order valence-electron chi connectivity index (χ4n) is 2.74. The Morgan fingerprint density at radius 1 is 1.07 bits per heavy atom. The average Bonchev–Trinajstić information content (AvgIpc) is 3.16. The van der Waals surface area contributed by atoms with Crippen molar-refractivity contribution < 1.29 is 19.1 Å². The maximum atomic E-state index is 11.8. The SMILES string of the molecule is O=C(O)/C(=C/c1ccccc1OCc1ccc(Cl)cc1)Sc1nc2ccccc2o1. The molecular weight excluding hydrogens is 422 g/mol. The number of rotatable bonds is 7. The van der Waals surface area contributed by atoms with Crippen LogP contribution >= 0.6 is 23.4 Å². The van der Waals surface area contributed by atoms with Crippen LogP contribution in [0.5, 0.6) is 5.75 Å². The van der Waals surface area contributed by atoms with Crippen molar-refractivity contribution in [2.75, 3.05) is 0 Å². The Morgan fingerprint density at radius 2 is 1.80 bits per heavy atom. The molecule has 30 heavy (non-hydrogen) atoms. The van der Waals surface area contributed by atoms with E-state index in [2.05, 4.69) is 4.98 Å². The molecule has 0 atom stereocenters. The molecule has 1 heterocycles. The zero-order valence-corrected chi connectivity index (χ0v) is 17.2. The van der Waals surface area contributed by atoms with Crippen molar-refractivity contribution in [1.29, 1.82) is 0 Å². The van der Waals surface area contributed by atoms with Gasteiger partial charge in [0.1, 0.15) is 22.8 Å². The quantitative estimate of drug-likeness (QED) is 0.271. The van der Waals surface area contributed by atoms with Crippen molar-refractivity contribution in [3.05, 3.63) is 93.9 Å². The molecule has 0 aliphatic rings. The van der Waals surface area contributed by atoms with E-state index in [1.165, 1.54) is 0 Å². The van der Waals surface area contributed by atoms with E-state index in [4.69, 9.17) is 20.8 Å². The van der Waals surface area contributed by atoms with Crippen LogP contribution in [0.1, 0.15) is 11.1 Å². The van der Waals surface area contributed by atoms with Crippen LogP contribution in [0.3, 0.4) is 0 Å². The Balaban J connectivity index is 1.57. The minimum atomic E-state index is -1.07. The number of oxazole rings is 1. The highest BCUT2D eigenvalue weighted by Crippen LogP contribution is 2.32. The number of aromatic nitrogens is 1. The van der Waals surface area contributed by atoms with Gasteiger partial charge in [-0.2, -0.15) is 0 Å². The molecule has 150 valence electrons. The van der Waals surface area contributed by atoms with Gasteiger partial charge in [0.25, 0.3) is 5.22 Å². The zero-order valence-electron chi connectivity index (χ0n) is 15.6. The fraction of sp³-hybridized carbons (Fsp3) is 0.0435. The van der Waals surface area contributed by atoms with Crippen LogP contribution in [-0.4, -0.2) is 16.1 Å². The lowest BCUT2D eigenvalue weighted by Crippen LogP contribution is -1.99. The summed E-state index contributed by atoms with van der Waals surface area (Å²) < 4.78 is 11.6. The van der Waals surface area contributed by atoms with E-state index in [9.17, 15) is 9.90 Å². The largest absolute Gasteiger partial charge is 0.488 e. The number of halogens is 1. The Labute approximate surface area is 182 Å². The summed E-state index contributed by atoms with van der Waals surface area (Å²) in [5, 5.41) is 10.6. The Morgan fingerprint density at radius 3 is 2.57 bits per heavy atom. The molecule has 0 saturated heterocycles. The molecule has 0 amide bonds. The first-order chi connectivity index (χ1) is 14.6. The molecule has 0 spiro atoms. The van der Waals surface area contributed by atoms with Crippen LogP contribution in [0.2, 0.25) is 5.02 Å². The highest BCUT2D eigenvalue weighted by atomic mass is 35.5. The standard InChI is InChI=1S/C23H16ClNO4S/c24-17-11-9-15(10-12-17)14-28-19-7-3-1-5-16(19)13-21(22(26)27)30-23-25-18-6-2-4-8-20(18)29-23/h1-13H,14H2,(H,26,27)/b21-13-. The van der Waals surface area contributed by atoms with Gasteiger partial charge >= 0.3 is 5.97 Å². The lowest BCUT2D eigenvalue weighted by atomic mass is 10.2. The van der Waals surface area contributed by atoms with E-state index >= 15 is 0 Å². The Bertz CT molecular complexity index is 1180. The number of fused-ring (bicyclic) bond motifs is 1. The normalized spacial score (nSPS) is 11.6. The predicted octanol–water partition coefficient (Wildman–Crippen LogP) is 6.28. The van der Waals surface area contributed by atoms with Gasteiger partial charge in [-0.25, -0.2) is 9.78 Å². The van der Waals surface area contributed by atoms with Gasteiger partial charge in [0.2, 0.25) is 0 Å². The molecule has 1 N–H and O–H groups in total. The first-order valence-electron chi connectivity index (χ1n) is 9.03. The van der Waals surface area contributed by atoms with Gasteiger partial charge in [-0.15, -0.1) is 0 Å². The van der Waals surface area contributed by atoms with Crippen LogP contribution in [0, 0.1) is 0 Å². The van der Waals surface area contributed by atoms with Crippen LogP contribution < -0.4 is 4.74 Å². The second-order valence-electron chi connectivity index (χ2n) is 6.32. The number of thioether (sulfide) groups is 1. The van der Waals surface area contributed by atoms with Crippen LogP contribution in [0.15, 0.2) is 87.3 Å². The highest BCUT2D eigenvalue weighted by molar-refractivity contribution is 8.03. The van der Waals surface area contributed by atoms with E-state index in [-0.39, 0.29) is 10.1 Å². The molecule has 3 aromatic carbocycles. The van der Waals surface area contributed by atoms with Crippen molar-refractivity contribution in [2.45, 2.75) is 11.8 Å². The number of ether oxygens (including phenoxy) is 1. The molecule has 0 aliphatic heterocycles. The lowest BCUT2D eigenvalue weighted by Gasteiger charge is -2.10. The van der Waals surface area contributed by atoms with Crippen LogP contribution in [0.25, 0.3) is 17.2 Å². The summed E-state index contributed by atoms with van der Waals surface area (Å²) in [5.74, 6) is -0.501. The molecule has 0 fully saturated rings. The lowest BCUT2D eigenvalue weighted by molar-refractivity contribution is -0.131. The minimum Gasteiger partial charge on any atom is -0.488 e. The first kappa shape index (κ1) is 20.1. The molecule has 0 saturated carbocycles. The number of aliphatic carboxylic acids is 1. The summed E-state index contributed by atoms with van der Waals surface area (Å²) in [6.45, 7) is 0.336. The fourth-order valence-corrected chi connectivity index (χ4v) is 3.60.